The maximum absolute atomic E-state index is 12.8. The van der Waals surface area contributed by atoms with Crippen molar-refractivity contribution in [3.63, 3.8) is 0 Å². The molecule has 0 amide bonds. The molecule has 0 bridgehead atoms. The summed E-state index contributed by atoms with van der Waals surface area (Å²) in [6.45, 7) is 6.60. The SMILES string of the molecule is CCCCC/C=C\C/C=C\CCCCCCCCCC(=O)OC[C@@H](COC(=O)CCCCCCCCCCC)OC(=O)CCCCCCCCC/C=C\CCCCCCCC. The van der Waals surface area contributed by atoms with Crippen molar-refractivity contribution in [3.05, 3.63) is 36.5 Å². The number of esters is 3. The van der Waals surface area contributed by atoms with Crippen molar-refractivity contribution < 1.29 is 28.6 Å². The van der Waals surface area contributed by atoms with Crippen molar-refractivity contribution in [3.8, 4) is 0 Å². The van der Waals surface area contributed by atoms with Crippen molar-refractivity contribution in [1.29, 1.82) is 0 Å². The number of allylic oxidation sites excluding steroid dienone is 6. The van der Waals surface area contributed by atoms with Crippen molar-refractivity contribution in [2.24, 2.45) is 0 Å². The van der Waals surface area contributed by atoms with Crippen LogP contribution in [0.5, 0.6) is 0 Å². The summed E-state index contributed by atoms with van der Waals surface area (Å²) in [5.74, 6) is -0.879. The Hall–Kier alpha value is -2.37. The summed E-state index contributed by atoms with van der Waals surface area (Å²) in [5, 5.41) is 0. The third kappa shape index (κ3) is 48.5. The lowest BCUT2D eigenvalue weighted by Crippen LogP contribution is -2.30. The fourth-order valence-corrected chi connectivity index (χ4v) is 7.59. The summed E-state index contributed by atoms with van der Waals surface area (Å²) in [4.78, 5) is 37.9. The highest BCUT2D eigenvalue weighted by molar-refractivity contribution is 5.71. The van der Waals surface area contributed by atoms with Crippen molar-refractivity contribution >= 4 is 17.9 Å². The largest absolute Gasteiger partial charge is 0.462 e. The summed E-state index contributed by atoms with van der Waals surface area (Å²) < 4.78 is 16.8. The molecule has 356 valence electrons. The van der Waals surface area contributed by atoms with Crippen LogP contribution in [0.1, 0.15) is 278 Å². The number of hydrogen-bond donors (Lipinski definition) is 0. The first-order chi connectivity index (χ1) is 30.0. The Labute approximate surface area is 378 Å². The predicted octanol–water partition coefficient (Wildman–Crippen LogP) is 17.3. The third-order valence-corrected chi connectivity index (χ3v) is 11.6. The third-order valence-electron chi connectivity index (χ3n) is 11.6. The molecule has 0 aromatic rings. The average molecular weight is 857 g/mol. The molecule has 61 heavy (non-hydrogen) atoms. The molecule has 0 heterocycles. The summed E-state index contributed by atoms with van der Waals surface area (Å²) in [6.07, 6.45) is 58.4. The average Bonchev–Trinajstić information content (AvgIpc) is 3.26. The number of hydrogen-bond acceptors (Lipinski definition) is 6. The maximum atomic E-state index is 12.8. The van der Waals surface area contributed by atoms with Crippen molar-refractivity contribution in [1.82, 2.24) is 0 Å². The second-order valence-electron chi connectivity index (χ2n) is 17.8. The van der Waals surface area contributed by atoms with E-state index in [9.17, 15) is 14.4 Å². The van der Waals surface area contributed by atoms with Crippen LogP contribution < -0.4 is 0 Å². The van der Waals surface area contributed by atoms with E-state index in [0.717, 1.165) is 70.6 Å². The molecule has 0 aromatic heterocycles. The fraction of sp³-hybridized carbons (Fsp3) is 0.836. The van der Waals surface area contributed by atoms with Gasteiger partial charge in [0.25, 0.3) is 0 Å². The molecule has 1 atom stereocenters. The van der Waals surface area contributed by atoms with Crippen LogP contribution in [0.25, 0.3) is 0 Å². The first-order valence-corrected chi connectivity index (χ1v) is 26.5. The van der Waals surface area contributed by atoms with Crippen LogP contribution in [0.4, 0.5) is 0 Å². The van der Waals surface area contributed by atoms with Gasteiger partial charge < -0.3 is 14.2 Å². The fourth-order valence-electron chi connectivity index (χ4n) is 7.59. The van der Waals surface area contributed by atoms with E-state index in [0.29, 0.717) is 19.3 Å². The molecular formula is C55H100O6. The lowest BCUT2D eigenvalue weighted by atomic mass is 10.1. The smallest absolute Gasteiger partial charge is 0.306 e. The van der Waals surface area contributed by atoms with Gasteiger partial charge in [0.1, 0.15) is 13.2 Å². The molecule has 0 N–H and O–H groups in total. The van der Waals surface area contributed by atoms with Gasteiger partial charge in [-0.3, -0.25) is 14.4 Å². The van der Waals surface area contributed by atoms with Crippen LogP contribution >= 0.6 is 0 Å². The lowest BCUT2D eigenvalue weighted by Gasteiger charge is -2.18. The molecule has 0 aliphatic rings. The topological polar surface area (TPSA) is 78.9 Å². The zero-order chi connectivity index (χ0) is 44.4. The van der Waals surface area contributed by atoms with E-state index >= 15 is 0 Å². The summed E-state index contributed by atoms with van der Waals surface area (Å²) in [6, 6.07) is 0. The van der Waals surface area contributed by atoms with E-state index in [2.05, 4.69) is 57.2 Å². The van der Waals surface area contributed by atoms with E-state index in [-0.39, 0.29) is 31.1 Å². The highest BCUT2D eigenvalue weighted by Gasteiger charge is 2.19. The first kappa shape index (κ1) is 58.6. The molecule has 0 fully saturated rings. The minimum atomic E-state index is -0.773. The van der Waals surface area contributed by atoms with Gasteiger partial charge in [-0.15, -0.1) is 0 Å². The molecule has 0 saturated heterocycles. The number of ether oxygens (including phenoxy) is 3. The Morgan fingerprint density at radius 2 is 0.590 bits per heavy atom. The van der Waals surface area contributed by atoms with Crippen LogP contribution in [0.2, 0.25) is 0 Å². The predicted molar refractivity (Wildman–Crippen MR) is 261 cm³/mol. The molecule has 0 rings (SSSR count). The molecule has 0 radical (unpaired) electrons. The van der Waals surface area contributed by atoms with Crippen LogP contribution in [-0.4, -0.2) is 37.2 Å². The van der Waals surface area contributed by atoms with E-state index in [1.54, 1.807) is 0 Å². The number of carbonyl (C=O) groups is 3. The van der Waals surface area contributed by atoms with Crippen molar-refractivity contribution in [2.45, 2.75) is 284 Å². The van der Waals surface area contributed by atoms with Gasteiger partial charge in [-0.1, -0.05) is 218 Å². The first-order valence-electron chi connectivity index (χ1n) is 26.5. The molecule has 0 aromatic carbocycles. The second kappa shape index (κ2) is 50.3. The highest BCUT2D eigenvalue weighted by Crippen LogP contribution is 2.15. The standard InChI is InChI=1S/C55H100O6/c1-4-7-10-13-16-19-21-23-25-27-29-31-33-36-39-42-45-48-54(57)60-51-52(50-59-53(56)47-44-41-38-35-18-15-12-9-6-3)61-55(58)49-46-43-40-37-34-32-30-28-26-24-22-20-17-14-11-8-5-2/h16,19,23-26,52H,4-15,17-18,20-22,27-51H2,1-3H3/b19-16-,25-23-,26-24-/t52-/m1/s1. The van der Waals surface area contributed by atoms with Gasteiger partial charge in [-0.25, -0.2) is 0 Å². The van der Waals surface area contributed by atoms with Gasteiger partial charge in [-0.2, -0.15) is 0 Å². The number of rotatable bonds is 48. The molecule has 0 saturated carbocycles. The van der Waals surface area contributed by atoms with E-state index in [1.165, 1.54) is 167 Å². The van der Waals surface area contributed by atoms with Crippen LogP contribution in [0.15, 0.2) is 36.5 Å². The van der Waals surface area contributed by atoms with Crippen LogP contribution in [-0.2, 0) is 28.6 Å². The monoisotopic (exact) mass is 857 g/mol. The second-order valence-corrected chi connectivity index (χ2v) is 17.8. The minimum Gasteiger partial charge on any atom is -0.462 e. The molecular weight excluding hydrogens is 757 g/mol. The Balaban J connectivity index is 4.31. The zero-order valence-corrected chi connectivity index (χ0v) is 40.7. The normalized spacial score (nSPS) is 12.2. The van der Waals surface area contributed by atoms with Crippen LogP contribution in [0, 0.1) is 0 Å². The molecule has 0 aliphatic carbocycles. The number of unbranched alkanes of at least 4 members (excludes halogenated alkanes) is 31. The van der Waals surface area contributed by atoms with Gasteiger partial charge in [-0.05, 0) is 77.0 Å². The van der Waals surface area contributed by atoms with Gasteiger partial charge in [0, 0.05) is 19.3 Å². The quantitative estimate of drug-likeness (QED) is 0.0262. The van der Waals surface area contributed by atoms with Gasteiger partial charge in [0.2, 0.25) is 0 Å². The zero-order valence-electron chi connectivity index (χ0n) is 40.7. The highest BCUT2D eigenvalue weighted by atomic mass is 16.6. The maximum Gasteiger partial charge on any atom is 0.306 e. The molecule has 6 nitrogen and oxygen atoms in total. The molecule has 0 aliphatic heterocycles. The Morgan fingerprint density at radius 3 is 0.951 bits per heavy atom. The summed E-state index contributed by atoms with van der Waals surface area (Å²) >= 11 is 0. The Kier molecular flexibility index (Phi) is 48.3. The minimum absolute atomic E-state index is 0.0739. The lowest BCUT2D eigenvalue weighted by molar-refractivity contribution is -0.167. The van der Waals surface area contributed by atoms with Gasteiger partial charge in [0.15, 0.2) is 6.10 Å². The summed E-state index contributed by atoms with van der Waals surface area (Å²) in [7, 11) is 0. The van der Waals surface area contributed by atoms with Gasteiger partial charge in [0.05, 0.1) is 0 Å². The Morgan fingerprint density at radius 1 is 0.328 bits per heavy atom. The van der Waals surface area contributed by atoms with E-state index in [4.69, 9.17) is 14.2 Å². The van der Waals surface area contributed by atoms with E-state index < -0.39 is 6.10 Å². The molecule has 0 spiro atoms. The van der Waals surface area contributed by atoms with Crippen LogP contribution in [0.3, 0.4) is 0 Å². The van der Waals surface area contributed by atoms with Gasteiger partial charge >= 0.3 is 17.9 Å². The molecule has 0 unspecified atom stereocenters. The summed E-state index contributed by atoms with van der Waals surface area (Å²) in [5.41, 5.74) is 0. The molecule has 6 heteroatoms. The Bertz CT molecular complexity index is 1030. The number of carbonyl (C=O) groups excluding carboxylic acids is 3. The van der Waals surface area contributed by atoms with Crippen molar-refractivity contribution in [2.75, 3.05) is 13.2 Å². The van der Waals surface area contributed by atoms with E-state index in [1.807, 2.05) is 0 Å².